The summed E-state index contributed by atoms with van der Waals surface area (Å²) in [5.74, 6) is -4.99. The zero-order chi connectivity index (χ0) is 20.9. The number of fused-ring (bicyclic) bond motifs is 1. The normalized spacial score (nSPS) is 40.1. The Labute approximate surface area is 154 Å². The second kappa shape index (κ2) is 5.73. The summed E-state index contributed by atoms with van der Waals surface area (Å²) in [6, 6.07) is 0. The molecule has 0 aromatic rings. The van der Waals surface area contributed by atoms with E-state index >= 15 is 0 Å². The largest absolute Gasteiger partial charge is 0.462 e. The van der Waals surface area contributed by atoms with Crippen molar-refractivity contribution in [3.63, 3.8) is 0 Å². The molecule has 0 aromatic heterocycles. The molecule has 0 radical (unpaired) electrons. The molecule has 5 fully saturated rings. The van der Waals surface area contributed by atoms with Gasteiger partial charge in [-0.25, -0.2) is 0 Å². The first kappa shape index (κ1) is 20.2. The van der Waals surface area contributed by atoms with Gasteiger partial charge in [0.15, 0.2) is 6.29 Å². The van der Waals surface area contributed by atoms with Gasteiger partial charge in [0.05, 0.1) is 5.92 Å². The van der Waals surface area contributed by atoms with Crippen molar-refractivity contribution in [2.24, 2.45) is 23.7 Å². The molecule has 28 heavy (non-hydrogen) atoms. The van der Waals surface area contributed by atoms with Crippen LogP contribution < -0.4 is 0 Å². The smallest absolute Gasteiger partial charge is 0.427 e. The van der Waals surface area contributed by atoms with Gasteiger partial charge in [-0.05, 0) is 18.8 Å². The lowest BCUT2D eigenvalue weighted by Gasteiger charge is -2.40. The van der Waals surface area contributed by atoms with Gasteiger partial charge in [0.1, 0.15) is 18.0 Å². The minimum atomic E-state index is -6.20. The second-order valence-electron chi connectivity index (χ2n) is 7.61. The zero-order valence-electron chi connectivity index (χ0n) is 13.7. The summed E-state index contributed by atoms with van der Waals surface area (Å²) in [6.07, 6.45) is -15.0. The van der Waals surface area contributed by atoms with Gasteiger partial charge < -0.3 is 14.2 Å². The highest BCUT2D eigenvalue weighted by Crippen LogP contribution is 2.62. The molecule has 3 aliphatic heterocycles. The lowest BCUT2D eigenvalue weighted by atomic mass is 9.73. The molecular weight excluding hydrogens is 426 g/mol. The van der Waals surface area contributed by atoms with E-state index in [2.05, 4.69) is 4.74 Å². The fourth-order valence-electron chi connectivity index (χ4n) is 4.93. The number of rotatable bonds is 5. The number of esters is 1. The second-order valence-corrected chi connectivity index (χ2v) is 9.06. The number of alkyl halides is 6. The highest BCUT2D eigenvalue weighted by molar-refractivity contribution is 7.85. The van der Waals surface area contributed by atoms with Crippen molar-refractivity contribution in [1.82, 2.24) is 0 Å². The number of carbonyl (C=O) groups excluding carboxylic acids is 1. The topological polar surface area (TPSA) is 102 Å². The summed E-state index contributed by atoms with van der Waals surface area (Å²) in [4.78, 5) is 11.9. The van der Waals surface area contributed by atoms with Gasteiger partial charge in [0.2, 0.25) is 0 Å². The van der Waals surface area contributed by atoms with Crippen LogP contribution in [-0.2, 0) is 29.1 Å². The van der Waals surface area contributed by atoms with Crippen LogP contribution in [0.25, 0.3) is 0 Å². The third-order valence-electron chi connectivity index (χ3n) is 6.03. The molecule has 2 saturated carbocycles. The minimum Gasteiger partial charge on any atom is -0.462 e. The third-order valence-corrected chi connectivity index (χ3v) is 6.80. The van der Waals surface area contributed by atoms with Crippen molar-refractivity contribution in [2.45, 2.75) is 49.3 Å². The van der Waals surface area contributed by atoms with Crippen LogP contribution in [0, 0.1) is 23.7 Å². The summed E-state index contributed by atoms with van der Waals surface area (Å²) >= 11 is 0. The summed E-state index contributed by atoms with van der Waals surface area (Å²) in [7, 11) is -5.72. The van der Waals surface area contributed by atoms with Crippen LogP contribution in [0.3, 0.4) is 0 Å². The summed E-state index contributed by atoms with van der Waals surface area (Å²) in [5.41, 5.74) is -5.16. The molecule has 5 rings (SSSR count). The van der Waals surface area contributed by atoms with Crippen LogP contribution in [0.2, 0.25) is 0 Å². The predicted octanol–water partition coefficient (Wildman–Crippen LogP) is 1.68. The summed E-state index contributed by atoms with van der Waals surface area (Å²) in [6.45, 7) is 0. The number of epoxide rings is 1. The van der Waals surface area contributed by atoms with E-state index in [9.17, 15) is 39.6 Å². The zero-order valence-corrected chi connectivity index (χ0v) is 14.6. The molecule has 0 amide bonds. The molecule has 7 nitrogen and oxygen atoms in total. The lowest BCUT2D eigenvalue weighted by Crippen LogP contribution is -2.63. The predicted molar refractivity (Wildman–Crippen MR) is 74.1 cm³/mol. The van der Waals surface area contributed by atoms with E-state index in [4.69, 9.17) is 14.0 Å². The molecule has 1 N–H and O–H groups in total. The SMILES string of the molecule is O=C1OC2CC3CC2C(C2OC2OC(CS(=O)(=O)O)(C(F)(F)F)C(F)(F)F)C13. The maximum atomic E-state index is 13.3. The molecule has 4 bridgehead atoms. The molecule has 7 atom stereocenters. The molecular formula is C14H14F6O7S. The first-order valence-electron chi connectivity index (χ1n) is 8.27. The molecule has 3 heterocycles. The number of hydrogen-bond donors (Lipinski definition) is 1. The first-order valence-corrected chi connectivity index (χ1v) is 9.88. The van der Waals surface area contributed by atoms with Crippen LogP contribution >= 0.6 is 0 Å². The van der Waals surface area contributed by atoms with Crippen LogP contribution in [0.4, 0.5) is 26.3 Å². The molecule has 160 valence electrons. The summed E-state index contributed by atoms with van der Waals surface area (Å²) < 4.78 is 125. The van der Waals surface area contributed by atoms with Crippen LogP contribution in [0.5, 0.6) is 0 Å². The molecule has 2 aliphatic carbocycles. The van der Waals surface area contributed by atoms with E-state index in [0.717, 1.165) is 0 Å². The maximum Gasteiger partial charge on any atom is 0.427 e. The van der Waals surface area contributed by atoms with E-state index in [-0.39, 0.29) is 11.8 Å². The Hall–Kier alpha value is -1.12. The fourth-order valence-corrected chi connectivity index (χ4v) is 5.84. The average Bonchev–Trinajstić information content (AvgIpc) is 3.01. The fraction of sp³-hybridized carbons (Fsp3) is 0.929. The Bertz CT molecular complexity index is 779. The van der Waals surface area contributed by atoms with Crippen molar-refractivity contribution < 1.29 is 58.3 Å². The third kappa shape index (κ3) is 2.91. The molecule has 3 saturated heterocycles. The minimum absolute atomic E-state index is 0.0705. The molecule has 7 unspecified atom stereocenters. The maximum absolute atomic E-state index is 13.3. The molecule has 14 heteroatoms. The van der Waals surface area contributed by atoms with E-state index in [0.29, 0.717) is 12.8 Å². The number of halogens is 6. The van der Waals surface area contributed by atoms with Crippen LogP contribution in [0.15, 0.2) is 0 Å². The Morgan fingerprint density at radius 3 is 2.21 bits per heavy atom. The van der Waals surface area contributed by atoms with Gasteiger partial charge in [-0.15, -0.1) is 0 Å². The van der Waals surface area contributed by atoms with Crippen LogP contribution in [-0.4, -0.2) is 61.1 Å². The first-order chi connectivity index (χ1) is 12.6. The number of ether oxygens (including phenoxy) is 3. The van der Waals surface area contributed by atoms with Gasteiger partial charge in [-0.3, -0.25) is 9.35 Å². The van der Waals surface area contributed by atoms with Crippen molar-refractivity contribution in [2.75, 3.05) is 5.75 Å². The van der Waals surface area contributed by atoms with Gasteiger partial charge in [0.25, 0.3) is 15.7 Å². The standard InChI is InChI=1S/C14H14F6O7S/c15-13(16,17)12(14(18,19)20,3-28(22,23)24)27-11-9(26-11)8-5-1-4-2-6(5)25-10(21)7(4)8/h4-9,11H,1-3H2,(H,22,23,24). The van der Waals surface area contributed by atoms with E-state index < -0.39 is 70.1 Å². The Morgan fingerprint density at radius 1 is 1.11 bits per heavy atom. The van der Waals surface area contributed by atoms with Crippen molar-refractivity contribution in [3.05, 3.63) is 0 Å². The highest BCUT2D eigenvalue weighted by Gasteiger charge is 2.77. The van der Waals surface area contributed by atoms with Crippen molar-refractivity contribution >= 4 is 16.1 Å². The van der Waals surface area contributed by atoms with E-state index in [1.165, 1.54) is 0 Å². The monoisotopic (exact) mass is 440 g/mol. The Balaban J connectivity index is 1.59. The van der Waals surface area contributed by atoms with Crippen LogP contribution in [0.1, 0.15) is 12.8 Å². The van der Waals surface area contributed by atoms with Gasteiger partial charge in [-0.1, -0.05) is 0 Å². The number of carbonyl (C=O) groups is 1. The Kier molecular flexibility index (Phi) is 4.13. The Morgan fingerprint density at radius 2 is 1.71 bits per heavy atom. The van der Waals surface area contributed by atoms with Crippen molar-refractivity contribution in [3.8, 4) is 0 Å². The van der Waals surface area contributed by atoms with Gasteiger partial charge in [0, 0.05) is 11.8 Å². The van der Waals surface area contributed by atoms with E-state index in [1.54, 1.807) is 0 Å². The van der Waals surface area contributed by atoms with E-state index in [1.807, 2.05) is 0 Å². The lowest BCUT2D eigenvalue weighted by molar-refractivity contribution is -0.380. The average molecular weight is 440 g/mol. The van der Waals surface area contributed by atoms with Gasteiger partial charge >= 0.3 is 18.3 Å². The number of hydrogen-bond acceptors (Lipinski definition) is 6. The quantitative estimate of drug-likeness (QED) is 0.300. The molecule has 0 aromatic carbocycles. The molecule has 5 aliphatic rings. The van der Waals surface area contributed by atoms with Gasteiger partial charge in [-0.2, -0.15) is 34.8 Å². The molecule has 0 spiro atoms. The summed E-state index contributed by atoms with van der Waals surface area (Å²) in [5, 5.41) is 0. The highest BCUT2D eigenvalue weighted by atomic mass is 32.2. The van der Waals surface area contributed by atoms with Crippen molar-refractivity contribution in [1.29, 1.82) is 0 Å².